The van der Waals surface area contributed by atoms with Gasteiger partial charge >= 0.3 is 0 Å². The Morgan fingerprint density at radius 2 is 2.12 bits per heavy atom. The lowest BCUT2D eigenvalue weighted by Gasteiger charge is -2.34. The van der Waals surface area contributed by atoms with Gasteiger partial charge in [-0.2, -0.15) is 0 Å². The van der Waals surface area contributed by atoms with Crippen molar-refractivity contribution in [3.8, 4) is 0 Å². The molecule has 2 atom stereocenters. The van der Waals surface area contributed by atoms with Gasteiger partial charge < -0.3 is 15.8 Å². The van der Waals surface area contributed by atoms with Gasteiger partial charge in [-0.25, -0.2) is 0 Å². The minimum absolute atomic E-state index is 0.0504. The van der Waals surface area contributed by atoms with Gasteiger partial charge in [0.25, 0.3) is 0 Å². The fraction of sp³-hybridized carbons (Fsp3) is 0.917. The van der Waals surface area contributed by atoms with E-state index >= 15 is 0 Å². The molecule has 16 heavy (non-hydrogen) atoms. The number of ether oxygens (including phenoxy) is 1. The molecule has 4 heteroatoms. The summed E-state index contributed by atoms with van der Waals surface area (Å²) in [7, 11) is 0. The van der Waals surface area contributed by atoms with E-state index in [4.69, 9.17) is 10.5 Å². The average Bonchev–Trinajstić information content (AvgIpc) is 2.57. The number of nitrogens with two attached hydrogens (primary N) is 1. The summed E-state index contributed by atoms with van der Waals surface area (Å²) in [5.41, 5.74) is 5.05. The number of amides is 1. The molecule has 1 aliphatic rings. The Kier molecular flexibility index (Phi) is 3.97. The standard InChI is InChI=1S/C12H24N2O2/c1-5-12(13,6-2)10(15)14-11(4)7-8-16-9(11)3/h9H,5-8,13H2,1-4H3,(H,14,15). The number of hydrogen-bond donors (Lipinski definition) is 2. The number of hydrogen-bond acceptors (Lipinski definition) is 3. The Bertz CT molecular complexity index is 264. The van der Waals surface area contributed by atoms with Gasteiger partial charge in [0.15, 0.2) is 0 Å². The van der Waals surface area contributed by atoms with Crippen LogP contribution in [0.15, 0.2) is 0 Å². The van der Waals surface area contributed by atoms with Crippen molar-refractivity contribution in [1.82, 2.24) is 5.32 Å². The molecule has 4 nitrogen and oxygen atoms in total. The Morgan fingerprint density at radius 1 is 1.56 bits per heavy atom. The van der Waals surface area contributed by atoms with Gasteiger partial charge in [-0.3, -0.25) is 4.79 Å². The van der Waals surface area contributed by atoms with Crippen LogP contribution in [0.1, 0.15) is 47.0 Å². The molecular formula is C12H24N2O2. The molecule has 1 saturated heterocycles. The zero-order valence-electron chi connectivity index (χ0n) is 10.8. The van der Waals surface area contributed by atoms with Crippen LogP contribution in [0.4, 0.5) is 0 Å². The summed E-state index contributed by atoms with van der Waals surface area (Å²) in [6, 6.07) is 0. The maximum absolute atomic E-state index is 12.1. The Labute approximate surface area is 97.9 Å². The summed E-state index contributed by atoms with van der Waals surface area (Å²) in [6.07, 6.45) is 2.21. The summed E-state index contributed by atoms with van der Waals surface area (Å²) >= 11 is 0. The van der Waals surface area contributed by atoms with E-state index in [1.54, 1.807) is 0 Å². The largest absolute Gasteiger partial charge is 0.376 e. The predicted molar refractivity (Wildman–Crippen MR) is 64.1 cm³/mol. The average molecular weight is 228 g/mol. The summed E-state index contributed by atoms with van der Waals surface area (Å²) < 4.78 is 5.49. The molecule has 0 saturated carbocycles. The van der Waals surface area contributed by atoms with Crippen LogP contribution in [-0.4, -0.2) is 29.7 Å². The summed E-state index contributed by atoms with van der Waals surface area (Å²) in [5.74, 6) is -0.0580. The molecule has 0 aromatic rings. The zero-order chi connectivity index (χ0) is 12.4. The molecule has 1 heterocycles. The van der Waals surface area contributed by atoms with Gasteiger partial charge in [0.1, 0.15) is 0 Å². The lowest BCUT2D eigenvalue weighted by atomic mass is 9.89. The van der Waals surface area contributed by atoms with Crippen molar-refractivity contribution in [2.24, 2.45) is 5.73 Å². The first-order valence-electron chi connectivity index (χ1n) is 6.11. The van der Waals surface area contributed by atoms with E-state index in [0.29, 0.717) is 19.4 Å². The molecule has 0 radical (unpaired) electrons. The van der Waals surface area contributed by atoms with Crippen molar-refractivity contribution in [3.05, 3.63) is 0 Å². The van der Waals surface area contributed by atoms with Crippen LogP contribution in [0.3, 0.4) is 0 Å². The second kappa shape index (κ2) is 4.72. The third-order valence-corrected chi connectivity index (χ3v) is 4.00. The smallest absolute Gasteiger partial charge is 0.240 e. The second-order valence-electron chi connectivity index (χ2n) is 5.00. The van der Waals surface area contributed by atoms with Crippen LogP contribution >= 0.6 is 0 Å². The minimum Gasteiger partial charge on any atom is -0.376 e. The van der Waals surface area contributed by atoms with Gasteiger partial charge in [-0.05, 0) is 33.1 Å². The molecule has 0 bridgehead atoms. The molecule has 2 unspecified atom stereocenters. The van der Waals surface area contributed by atoms with E-state index in [9.17, 15) is 4.79 Å². The molecule has 94 valence electrons. The first-order chi connectivity index (χ1) is 7.38. The van der Waals surface area contributed by atoms with E-state index in [2.05, 4.69) is 5.32 Å². The van der Waals surface area contributed by atoms with Gasteiger partial charge in [0, 0.05) is 6.61 Å². The summed E-state index contributed by atoms with van der Waals surface area (Å²) in [5, 5.41) is 3.06. The highest BCUT2D eigenvalue weighted by Gasteiger charge is 2.41. The lowest BCUT2D eigenvalue weighted by Crippen LogP contribution is -2.61. The maximum atomic E-state index is 12.1. The van der Waals surface area contributed by atoms with Crippen molar-refractivity contribution >= 4 is 5.91 Å². The van der Waals surface area contributed by atoms with E-state index in [0.717, 1.165) is 6.42 Å². The van der Waals surface area contributed by atoms with Crippen molar-refractivity contribution in [2.75, 3.05) is 6.61 Å². The van der Waals surface area contributed by atoms with Crippen LogP contribution in [0.5, 0.6) is 0 Å². The first kappa shape index (κ1) is 13.5. The monoisotopic (exact) mass is 228 g/mol. The third-order valence-electron chi connectivity index (χ3n) is 4.00. The predicted octanol–water partition coefficient (Wildman–Crippen LogP) is 1.19. The van der Waals surface area contributed by atoms with Crippen LogP contribution in [0.25, 0.3) is 0 Å². The fourth-order valence-corrected chi connectivity index (χ4v) is 1.95. The van der Waals surface area contributed by atoms with E-state index < -0.39 is 5.54 Å². The van der Waals surface area contributed by atoms with Crippen LogP contribution < -0.4 is 11.1 Å². The molecule has 1 amide bonds. The highest BCUT2D eigenvalue weighted by atomic mass is 16.5. The quantitative estimate of drug-likeness (QED) is 0.759. The normalized spacial score (nSPS) is 30.4. The molecule has 1 rings (SSSR count). The Hall–Kier alpha value is -0.610. The molecular weight excluding hydrogens is 204 g/mol. The maximum Gasteiger partial charge on any atom is 0.240 e. The number of carbonyl (C=O) groups excluding carboxylic acids is 1. The number of rotatable bonds is 4. The van der Waals surface area contributed by atoms with Crippen LogP contribution in [-0.2, 0) is 9.53 Å². The first-order valence-corrected chi connectivity index (χ1v) is 6.11. The fourth-order valence-electron chi connectivity index (χ4n) is 1.95. The number of carbonyl (C=O) groups is 1. The molecule has 1 fully saturated rings. The highest BCUT2D eigenvalue weighted by Crippen LogP contribution is 2.26. The minimum atomic E-state index is -0.745. The van der Waals surface area contributed by atoms with E-state index in [1.165, 1.54) is 0 Å². The lowest BCUT2D eigenvalue weighted by molar-refractivity contribution is -0.129. The topological polar surface area (TPSA) is 64.4 Å². The van der Waals surface area contributed by atoms with Crippen molar-refractivity contribution < 1.29 is 9.53 Å². The van der Waals surface area contributed by atoms with Crippen LogP contribution in [0.2, 0.25) is 0 Å². The highest BCUT2D eigenvalue weighted by molar-refractivity contribution is 5.86. The third kappa shape index (κ3) is 2.38. The van der Waals surface area contributed by atoms with E-state index in [1.807, 2.05) is 27.7 Å². The Balaban J connectivity index is 2.70. The molecule has 1 aliphatic heterocycles. The van der Waals surface area contributed by atoms with Gasteiger partial charge in [-0.15, -0.1) is 0 Å². The van der Waals surface area contributed by atoms with Gasteiger partial charge in [0.2, 0.25) is 5.91 Å². The van der Waals surface area contributed by atoms with E-state index in [-0.39, 0.29) is 17.6 Å². The SMILES string of the molecule is CCC(N)(CC)C(=O)NC1(C)CCOC1C. The molecule has 0 aliphatic carbocycles. The molecule has 0 spiro atoms. The van der Waals surface area contributed by atoms with Crippen LogP contribution in [0, 0.1) is 0 Å². The van der Waals surface area contributed by atoms with Gasteiger partial charge in [0.05, 0.1) is 17.2 Å². The van der Waals surface area contributed by atoms with Crippen molar-refractivity contribution in [3.63, 3.8) is 0 Å². The second-order valence-corrected chi connectivity index (χ2v) is 5.00. The Morgan fingerprint density at radius 3 is 2.50 bits per heavy atom. The van der Waals surface area contributed by atoms with Gasteiger partial charge in [-0.1, -0.05) is 13.8 Å². The zero-order valence-corrected chi connectivity index (χ0v) is 10.8. The molecule has 0 aromatic carbocycles. The molecule has 3 N–H and O–H groups in total. The summed E-state index contributed by atoms with van der Waals surface area (Å²) in [4.78, 5) is 12.1. The summed E-state index contributed by atoms with van der Waals surface area (Å²) in [6.45, 7) is 8.60. The van der Waals surface area contributed by atoms with Crippen molar-refractivity contribution in [1.29, 1.82) is 0 Å². The number of nitrogens with one attached hydrogen (secondary N) is 1. The van der Waals surface area contributed by atoms with Crippen molar-refractivity contribution in [2.45, 2.75) is 64.1 Å². The molecule has 0 aromatic heterocycles.